The molecular weight excluding hydrogens is 402 g/mol. The summed E-state index contributed by atoms with van der Waals surface area (Å²) in [5.41, 5.74) is 1.75. The fraction of sp³-hybridized carbons (Fsp3) is 0.273. The number of rotatable bonds is 12. The monoisotopic (exact) mass is 427 g/mol. The maximum absolute atomic E-state index is 8.73. The van der Waals surface area contributed by atoms with E-state index in [9.17, 15) is 0 Å². The van der Waals surface area contributed by atoms with E-state index in [4.69, 9.17) is 21.4 Å². The minimum atomic E-state index is 0.218. The second-order valence-electron chi connectivity index (χ2n) is 6.56. The molecule has 158 valence electrons. The molecule has 0 bridgehead atoms. The lowest BCUT2D eigenvalue weighted by molar-refractivity contribution is 0.282. The molecule has 0 aliphatic carbocycles. The Kier molecular flexibility index (Phi) is 8.71. The summed E-state index contributed by atoms with van der Waals surface area (Å²) in [6, 6.07) is 17.3. The van der Waals surface area contributed by atoms with E-state index >= 15 is 0 Å². The van der Waals surface area contributed by atoms with Gasteiger partial charge in [0.25, 0.3) is 0 Å². The number of para-hydroxylation sites is 1. The Labute approximate surface area is 181 Å². The highest BCUT2D eigenvalue weighted by molar-refractivity contribution is 6.32. The number of halogens is 1. The van der Waals surface area contributed by atoms with Crippen molar-refractivity contribution in [3.05, 3.63) is 65.8 Å². The molecule has 0 atom stereocenters. The molecule has 0 amide bonds. The second kappa shape index (κ2) is 12.0. The topological polar surface area (TPSA) is 91.3 Å². The summed E-state index contributed by atoms with van der Waals surface area (Å²) >= 11 is 6.22. The van der Waals surface area contributed by atoms with Gasteiger partial charge in [-0.15, -0.1) is 0 Å². The van der Waals surface area contributed by atoms with Gasteiger partial charge in [0, 0.05) is 18.0 Å². The van der Waals surface area contributed by atoms with Gasteiger partial charge in [0.2, 0.25) is 5.95 Å². The lowest BCUT2D eigenvalue weighted by Crippen LogP contribution is -2.19. The van der Waals surface area contributed by atoms with Gasteiger partial charge in [-0.3, -0.25) is 0 Å². The highest BCUT2D eigenvalue weighted by Crippen LogP contribution is 2.25. The van der Waals surface area contributed by atoms with Crippen molar-refractivity contribution in [3.63, 3.8) is 0 Å². The van der Waals surface area contributed by atoms with Crippen LogP contribution >= 0.6 is 11.6 Å². The number of benzene rings is 2. The van der Waals surface area contributed by atoms with Crippen LogP contribution in [0.1, 0.15) is 12.8 Å². The summed E-state index contributed by atoms with van der Waals surface area (Å²) in [6.07, 6.45) is 3.24. The molecule has 4 N–H and O–H groups in total. The molecule has 3 rings (SSSR count). The Balaban J connectivity index is 1.50. The van der Waals surface area contributed by atoms with Crippen LogP contribution < -0.4 is 20.7 Å². The molecule has 1 heterocycles. The zero-order valence-corrected chi connectivity index (χ0v) is 17.4. The van der Waals surface area contributed by atoms with Crippen LogP contribution in [0.15, 0.2) is 60.8 Å². The first-order valence-electron chi connectivity index (χ1n) is 9.90. The van der Waals surface area contributed by atoms with Crippen LogP contribution in [0.5, 0.6) is 5.75 Å². The van der Waals surface area contributed by atoms with Gasteiger partial charge in [0.05, 0.1) is 12.8 Å². The molecule has 7 nitrogen and oxygen atoms in total. The largest absolute Gasteiger partial charge is 0.494 e. The molecule has 0 saturated carbocycles. The van der Waals surface area contributed by atoms with E-state index in [0.29, 0.717) is 23.4 Å². The molecular formula is C22H26ClN5O2. The Bertz CT molecular complexity index is 894. The average Bonchev–Trinajstić information content (AvgIpc) is 2.77. The van der Waals surface area contributed by atoms with E-state index in [1.807, 2.05) is 54.6 Å². The van der Waals surface area contributed by atoms with Gasteiger partial charge in [-0.25, -0.2) is 4.98 Å². The average molecular weight is 428 g/mol. The van der Waals surface area contributed by atoms with Crippen LogP contribution in [0.3, 0.4) is 0 Å². The lowest BCUT2D eigenvalue weighted by Gasteiger charge is -2.11. The van der Waals surface area contributed by atoms with Gasteiger partial charge in [-0.1, -0.05) is 29.8 Å². The maximum Gasteiger partial charge on any atom is 0.229 e. The van der Waals surface area contributed by atoms with Gasteiger partial charge in [0.1, 0.15) is 10.8 Å². The Hall–Kier alpha value is -2.87. The highest BCUT2D eigenvalue weighted by atomic mass is 35.5. The molecule has 0 fully saturated rings. The molecule has 0 aliphatic heterocycles. The van der Waals surface area contributed by atoms with E-state index in [2.05, 4.69) is 25.9 Å². The first-order valence-corrected chi connectivity index (χ1v) is 10.3. The number of anilines is 4. The van der Waals surface area contributed by atoms with E-state index in [1.165, 1.54) is 0 Å². The third kappa shape index (κ3) is 7.18. The quantitative estimate of drug-likeness (QED) is 0.319. The molecule has 0 radical (unpaired) electrons. The molecule has 3 aromatic rings. The third-order valence-corrected chi connectivity index (χ3v) is 4.45. The Morgan fingerprint density at radius 2 is 1.63 bits per heavy atom. The van der Waals surface area contributed by atoms with Crippen LogP contribution in [0, 0.1) is 0 Å². The number of aromatic nitrogens is 2. The molecule has 0 saturated heterocycles. The first kappa shape index (κ1) is 21.8. The fourth-order valence-corrected chi connectivity index (χ4v) is 2.79. The minimum absolute atomic E-state index is 0.218. The van der Waals surface area contributed by atoms with Crippen LogP contribution in [0.4, 0.5) is 23.1 Å². The molecule has 30 heavy (non-hydrogen) atoms. The SMILES string of the molecule is OCCCNCCCOc1ccc(Nc2ncc(Cl)c(Nc3ccccc3)n2)cc1. The Morgan fingerprint density at radius 1 is 0.900 bits per heavy atom. The summed E-state index contributed by atoms with van der Waals surface area (Å²) in [4.78, 5) is 8.70. The van der Waals surface area contributed by atoms with Crippen molar-refractivity contribution in [1.29, 1.82) is 0 Å². The van der Waals surface area contributed by atoms with Crippen LogP contribution in [-0.2, 0) is 0 Å². The number of ether oxygens (including phenoxy) is 1. The summed E-state index contributed by atoms with van der Waals surface area (Å²) < 4.78 is 5.74. The molecule has 1 aromatic heterocycles. The van der Waals surface area contributed by atoms with Gasteiger partial charge in [-0.05, 0) is 62.3 Å². The second-order valence-corrected chi connectivity index (χ2v) is 6.97. The Morgan fingerprint density at radius 3 is 2.40 bits per heavy atom. The predicted molar refractivity (Wildman–Crippen MR) is 121 cm³/mol. The number of aliphatic hydroxyl groups excluding tert-OH is 1. The van der Waals surface area contributed by atoms with Crippen molar-refractivity contribution >= 4 is 34.7 Å². The van der Waals surface area contributed by atoms with Crippen LogP contribution in [0.2, 0.25) is 5.02 Å². The van der Waals surface area contributed by atoms with Gasteiger partial charge >= 0.3 is 0 Å². The lowest BCUT2D eigenvalue weighted by atomic mass is 10.3. The van der Waals surface area contributed by atoms with E-state index in [1.54, 1.807) is 6.20 Å². The number of nitrogens with one attached hydrogen (secondary N) is 3. The van der Waals surface area contributed by atoms with Crippen molar-refractivity contribution < 1.29 is 9.84 Å². The number of hydrogen-bond acceptors (Lipinski definition) is 7. The van der Waals surface area contributed by atoms with Crippen molar-refractivity contribution in [2.45, 2.75) is 12.8 Å². The fourth-order valence-electron chi connectivity index (χ4n) is 2.65. The van der Waals surface area contributed by atoms with Crippen molar-refractivity contribution in [1.82, 2.24) is 15.3 Å². The standard InChI is InChI=1S/C22H26ClN5O2/c23-20-16-25-22(28-21(20)26-17-6-2-1-3-7-17)27-18-8-10-19(11-9-18)30-15-5-13-24-12-4-14-29/h1-3,6-11,16,24,29H,4-5,12-15H2,(H2,25,26,27,28). The summed E-state index contributed by atoms with van der Waals surface area (Å²) in [6.45, 7) is 2.54. The summed E-state index contributed by atoms with van der Waals surface area (Å²) in [5.74, 6) is 1.78. The number of nitrogens with zero attached hydrogens (tertiary/aromatic N) is 2. The van der Waals surface area contributed by atoms with E-state index < -0.39 is 0 Å². The molecule has 0 unspecified atom stereocenters. The van der Waals surface area contributed by atoms with Crippen molar-refractivity contribution in [2.24, 2.45) is 0 Å². The molecule has 0 spiro atoms. The normalized spacial score (nSPS) is 10.6. The molecule has 0 aliphatic rings. The van der Waals surface area contributed by atoms with E-state index in [-0.39, 0.29) is 6.61 Å². The summed E-state index contributed by atoms with van der Waals surface area (Å²) in [7, 11) is 0. The van der Waals surface area contributed by atoms with Gasteiger partial charge in [0.15, 0.2) is 5.82 Å². The van der Waals surface area contributed by atoms with E-state index in [0.717, 1.165) is 43.1 Å². The number of hydrogen-bond donors (Lipinski definition) is 4. The van der Waals surface area contributed by atoms with Crippen molar-refractivity contribution in [3.8, 4) is 5.75 Å². The van der Waals surface area contributed by atoms with Crippen molar-refractivity contribution in [2.75, 3.05) is 36.9 Å². The highest BCUT2D eigenvalue weighted by Gasteiger charge is 2.06. The number of aliphatic hydroxyl groups is 1. The zero-order chi connectivity index (χ0) is 21.0. The smallest absolute Gasteiger partial charge is 0.229 e. The zero-order valence-electron chi connectivity index (χ0n) is 16.6. The van der Waals surface area contributed by atoms with Crippen LogP contribution in [0.25, 0.3) is 0 Å². The van der Waals surface area contributed by atoms with Crippen LogP contribution in [-0.4, -0.2) is 41.4 Å². The maximum atomic E-state index is 8.73. The first-order chi connectivity index (χ1) is 14.7. The predicted octanol–water partition coefficient (Wildman–Crippen LogP) is 4.36. The summed E-state index contributed by atoms with van der Waals surface area (Å²) in [5, 5.41) is 18.8. The minimum Gasteiger partial charge on any atom is -0.494 e. The third-order valence-electron chi connectivity index (χ3n) is 4.17. The van der Waals surface area contributed by atoms with Gasteiger partial charge < -0.3 is 25.8 Å². The van der Waals surface area contributed by atoms with Gasteiger partial charge in [-0.2, -0.15) is 4.98 Å². The molecule has 8 heteroatoms. The molecule has 2 aromatic carbocycles.